The monoisotopic (exact) mass is 383 g/mol. The van der Waals surface area contributed by atoms with Crippen LogP contribution in [0.1, 0.15) is 25.0 Å². The third kappa shape index (κ3) is 7.40. The van der Waals surface area contributed by atoms with Gasteiger partial charge in [-0.2, -0.15) is 0 Å². The highest BCUT2D eigenvalue weighted by atomic mass is 16.5. The van der Waals surface area contributed by atoms with Gasteiger partial charge in [0.05, 0.1) is 6.54 Å². The summed E-state index contributed by atoms with van der Waals surface area (Å²) >= 11 is 0. The molecule has 0 heterocycles. The number of carbonyl (C=O) groups excluding carboxylic acids is 2. The Morgan fingerprint density at radius 2 is 1.50 bits per heavy atom. The normalized spacial score (nSPS) is 10.5. The fraction of sp³-hybridized carbons (Fsp3) is 0.364. The van der Waals surface area contributed by atoms with Gasteiger partial charge in [-0.25, -0.2) is 0 Å². The fourth-order valence-corrected chi connectivity index (χ4v) is 2.72. The van der Waals surface area contributed by atoms with Crippen LogP contribution in [0.5, 0.6) is 5.75 Å². The van der Waals surface area contributed by atoms with E-state index in [-0.39, 0.29) is 25.0 Å². The molecule has 0 atom stereocenters. The van der Waals surface area contributed by atoms with Crippen molar-refractivity contribution in [1.29, 1.82) is 0 Å². The number of nitrogens with one attached hydrogen (secondary N) is 2. The quantitative estimate of drug-likeness (QED) is 0.625. The van der Waals surface area contributed by atoms with Gasteiger partial charge in [0.2, 0.25) is 5.91 Å². The molecule has 150 valence electrons. The van der Waals surface area contributed by atoms with E-state index in [0.717, 1.165) is 25.2 Å². The Balaban J connectivity index is 1.74. The zero-order valence-corrected chi connectivity index (χ0v) is 16.6. The van der Waals surface area contributed by atoms with Crippen LogP contribution in [0.4, 0.5) is 0 Å². The van der Waals surface area contributed by atoms with Crippen LogP contribution in [0.3, 0.4) is 0 Å². The Bertz CT molecular complexity index is 746. The van der Waals surface area contributed by atoms with Crippen LogP contribution in [0.15, 0.2) is 54.6 Å². The van der Waals surface area contributed by atoms with Gasteiger partial charge in [-0.1, -0.05) is 56.3 Å². The van der Waals surface area contributed by atoms with Gasteiger partial charge in [0.1, 0.15) is 5.75 Å². The topological polar surface area (TPSA) is 70.7 Å². The van der Waals surface area contributed by atoms with Gasteiger partial charge in [-0.3, -0.25) is 14.5 Å². The molecule has 2 aromatic carbocycles. The standard InChI is InChI=1S/C22H29N3O3/c1-3-25(4-2)16-19-11-9-8-10-18(19)14-23-21(26)15-24-22(27)17-28-20-12-6-5-7-13-20/h5-13H,3-4,14-17H2,1-2H3,(H,23,26)(H,24,27). The first-order valence-corrected chi connectivity index (χ1v) is 9.62. The minimum Gasteiger partial charge on any atom is -0.484 e. The maximum atomic E-state index is 12.1. The summed E-state index contributed by atoms with van der Waals surface area (Å²) in [5.41, 5.74) is 2.29. The van der Waals surface area contributed by atoms with Gasteiger partial charge >= 0.3 is 0 Å². The number of carbonyl (C=O) groups is 2. The van der Waals surface area contributed by atoms with Crippen molar-refractivity contribution >= 4 is 11.8 Å². The highest BCUT2D eigenvalue weighted by molar-refractivity contribution is 5.85. The van der Waals surface area contributed by atoms with Crippen molar-refractivity contribution in [3.8, 4) is 5.75 Å². The molecule has 0 bridgehead atoms. The van der Waals surface area contributed by atoms with Gasteiger partial charge in [-0.15, -0.1) is 0 Å². The fourth-order valence-electron chi connectivity index (χ4n) is 2.72. The van der Waals surface area contributed by atoms with E-state index in [2.05, 4.69) is 35.4 Å². The Morgan fingerprint density at radius 3 is 2.18 bits per heavy atom. The second-order valence-electron chi connectivity index (χ2n) is 6.39. The summed E-state index contributed by atoms with van der Waals surface area (Å²) in [7, 11) is 0. The molecule has 0 aliphatic carbocycles. The molecule has 0 fully saturated rings. The first kappa shape index (κ1) is 21.4. The molecular formula is C22H29N3O3. The lowest BCUT2D eigenvalue weighted by atomic mass is 10.1. The maximum absolute atomic E-state index is 12.1. The van der Waals surface area contributed by atoms with Crippen molar-refractivity contribution in [2.75, 3.05) is 26.2 Å². The van der Waals surface area contributed by atoms with E-state index in [4.69, 9.17) is 4.74 Å². The van der Waals surface area contributed by atoms with Gasteiger partial charge < -0.3 is 15.4 Å². The summed E-state index contributed by atoms with van der Waals surface area (Å²) in [4.78, 5) is 26.2. The molecule has 0 spiro atoms. The minimum atomic E-state index is -0.332. The van der Waals surface area contributed by atoms with Crippen molar-refractivity contribution in [3.63, 3.8) is 0 Å². The molecule has 6 heteroatoms. The van der Waals surface area contributed by atoms with E-state index in [1.54, 1.807) is 12.1 Å². The average Bonchev–Trinajstić information content (AvgIpc) is 2.74. The number of para-hydroxylation sites is 1. The molecule has 0 saturated heterocycles. The van der Waals surface area contributed by atoms with Crippen molar-refractivity contribution < 1.29 is 14.3 Å². The second kappa shape index (κ2) is 11.8. The molecule has 28 heavy (non-hydrogen) atoms. The van der Waals surface area contributed by atoms with Crippen molar-refractivity contribution in [2.45, 2.75) is 26.9 Å². The zero-order valence-electron chi connectivity index (χ0n) is 16.6. The number of hydrogen-bond acceptors (Lipinski definition) is 4. The first-order valence-electron chi connectivity index (χ1n) is 9.62. The third-order valence-corrected chi connectivity index (χ3v) is 4.44. The van der Waals surface area contributed by atoms with E-state index in [0.29, 0.717) is 12.3 Å². The molecule has 0 aromatic heterocycles. The molecule has 2 amide bonds. The lowest BCUT2D eigenvalue weighted by Crippen LogP contribution is -2.38. The Labute approximate surface area is 166 Å². The number of amides is 2. The predicted molar refractivity (Wildman–Crippen MR) is 110 cm³/mol. The molecule has 2 aromatic rings. The van der Waals surface area contributed by atoms with E-state index < -0.39 is 0 Å². The average molecular weight is 383 g/mol. The number of benzene rings is 2. The first-order chi connectivity index (χ1) is 13.6. The molecule has 0 saturated carbocycles. The van der Waals surface area contributed by atoms with Crippen molar-refractivity contribution in [3.05, 3.63) is 65.7 Å². The summed E-state index contributed by atoms with van der Waals surface area (Å²) < 4.78 is 5.35. The number of hydrogen-bond donors (Lipinski definition) is 2. The molecule has 2 rings (SSSR count). The van der Waals surface area contributed by atoms with Gasteiger partial charge in [0, 0.05) is 13.1 Å². The largest absolute Gasteiger partial charge is 0.484 e. The lowest BCUT2D eigenvalue weighted by molar-refractivity contribution is -0.127. The minimum absolute atomic E-state index is 0.0742. The summed E-state index contributed by atoms with van der Waals surface area (Å²) in [5, 5.41) is 5.43. The van der Waals surface area contributed by atoms with Crippen LogP contribution in [0.25, 0.3) is 0 Å². The maximum Gasteiger partial charge on any atom is 0.258 e. The van der Waals surface area contributed by atoms with Crippen LogP contribution >= 0.6 is 0 Å². The highest BCUT2D eigenvalue weighted by Crippen LogP contribution is 2.11. The Hall–Kier alpha value is -2.86. The number of nitrogens with zero attached hydrogens (tertiary/aromatic N) is 1. The van der Waals surface area contributed by atoms with E-state index in [1.165, 1.54) is 5.56 Å². The van der Waals surface area contributed by atoms with Gasteiger partial charge in [-0.05, 0) is 36.3 Å². The molecular weight excluding hydrogens is 354 g/mol. The molecule has 6 nitrogen and oxygen atoms in total. The van der Waals surface area contributed by atoms with E-state index in [1.807, 2.05) is 36.4 Å². The van der Waals surface area contributed by atoms with Crippen molar-refractivity contribution in [2.24, 2.45) is 0 Å². The van der Waals surface area contributed by atoms with Crippen LogP contribution in [-0.4, -0.2) is 43.0 Å². The highest BCUT2D eigenvalue weighted by Gasteiger charge is 2.09. The predicted octanol–water partition coefficient (Wildman–Crippen LogP) is 2.34. The molecule has 0 aliphatic heterocycles. The Morgan fingerprint density at radius 1 is 0.857 bits per heavy atom. The SMILES string of the molecule is CCN(CC)Cc1ccccc1CNC(=O)CNC(=O)COc1ccccc1. The zero-order chi connectivity index (χ0) is 20.2. The molecule has 0 radical (unpaired) electrons. The van der Waals surface area contributed by atoms with Crippen molar-refractivity contribution in [1.82, 2.24) is 15.5 Å². The van der Waals surface area contributed by atoms with Crippen LogP contribution in [0.2, 0.25) is 0 Å². The summed E-state index contributed by atoms with van der Waals surface area (Å²) in [5.74, 6) is 0.0542. The van der Waals surface area contributed by atoms with E-state index >= 15 is 0 Å². The molecule has 2 N–H and O–H groups in total. The summed E-state index contributed by atoms with van der Waals surface area (Å²) in [6, 6.07) is 17.2. The van der Waals surface area contributed by atoms with Crippen LogP contribution < -0.4 is 15.4 Å². The Kier molecular flexibility index (Phi) is 9.01. The number of ether oxygens (including phenoxy) is 1. The summed E-state index contributed by atoms with van der Waals surface area (Å²) in [6.45, 7) is 7.33. The summed E-state index contributed by atoms with van der Waals surface area (Å²) in [6.07, 6.45) is 0. The van der Waals surface area contributed by atoms with Crippen LogP contribution in [-0.2, 0) is 22.7 Å². The van der Waals surface area contributed by atoms with Crippen LogP contribution in [0, 0.1) is 0 Å². The smallest absolute Gasteiger partial charge is 0.258 e. The number of rotatable bonds is 11. The van der Waals surface area contributed by atoms with E-state index in [9.17, 15) is 9.59 Å². The third-order valence-electron chi connectivity index (χ3n) is 4.44. The van der Waals surface area contributed by atoms with Gasteiger partial charge in [0.15, 0.2) is 6.61 Å². The second-order valence-corrected chi connectivity index (χ2v) is 6.39. The van der Waals surface area contributed by atoms with Gasteiger partial charge in [0.25, 0.3) is 5.91 Å². The lowest BCUT2D eigenvalue weighted by Gasteiger charge is -2.20. The molecule has 0 unspecified atom stereocenters. The molecule has 0 aliphatic rings.